The van der Waals surface area contributed by atoms with Gasteiger partial charge in [-0.05, 0) is 56.9 Å². The highest BCUT2D eigenvalue weighted by atomic mass is 16.2. The first-order valence-corrected chi connectivity index (χ1v) is 11.6. The van der Waals surface area contributed by atoms with Gasteiger partial charge in [0.2, 0.25) is 5.91 Å². The van der Waals surface area contributed by atoms with Crippen molar-refractivity contribution in [3.05, 3.63) is 84.0 Å². The molecule has 2 aromatic rings. The fourth-order valence-corrected chi connectivity index (χ4v) is 4.46. The summed E-state index contributed by atoms with van der Waals surface area (Å²) in [6.45, 7) is 8.07. The Labute approximate surface area is 192 Å². The van der Waals surface area contributed by atoms with Gasteiger partial charge < -0.3 is 9.80 Å². The lowest BCUT2D eigenvalue weighted by Gasteiger charge is -2.44. The van der Waals surface area contributed by atoms with E-state index in [9.17, 15) is 9.59 Å². The number of hydrogen-bond acceptors (Lipinski definition) is 2. The summed E-state index contributed by atoms with van der Waals surface area (Å²) in [4.78, 5) is 30.7. The molecular formula is C28H34N2O2. The van der Waals surface area contributed by atoms with E-state index in [2.05, 4.69) is 13.0 Å². The van der Waals surface area contributed by atoms with Crippen molar-refractivity contribution in [1.29, 1.82) is 0 Å². The monoisotopic (exact) mass is 430 g/mol. The van der Waals surface area contributed by atoms with E-state index >= 15 is 0 Å². The van der Waals surface area contributed by atoms with Crippen molar-refractivity contribution in [3.8, 4) is 0 Å². The van der Waals surface area contributed by atoms with E-state index in [0.29, 0.717) is 19.3 Å². The summed E-state index contributed by atoms with van der Waals surface area (Å²) in [5.74, 6) is 0.155. The predicted octanol–water partition coefficient (Wildman–Crippen LogP) is 6.60. The number of hydrogen-bond donors (Lipinski definition) is 0. The number of para-hydroxylation sites is 2. The quantitative estimate of drug-likeness (QED) is 0.367. The minimum atomic E-state index is -0.115. The lowest BCUT2D eigenvalue weighted by atomic mass is 9.89. The zero-order valence-electron chi connectivity index (χ0n) is 19.6. The maximum Gasteiger partial charge on any atom is 0.254 e. The van der Waals surface area contributed by atoms with E-state index in [4.69, 9.17) is 0 Å². The fraction of sp³-hybridized carbons (Fsp3) is 0.357. The standard InChI is InChI=1S/C28H34N2O2/c1-5-8-15-22(7-3)28(32)29-21(4)20-26(24-18-12-13-19-25(24)29)30(27(31)14-6-2)23-16-10-9-11-17-23/h5,8-13,15-19,21,26H,6-7,14,20H2,1-4H3/b8-5-,22-15+. The molecule has 0 N–H and O–H groups in total. The van der Waals surface area contributed by atoms with Crippen LogP contribution in [-0.2, 0) is 9.59 Å². The van der Waals surface area contributed by atoms with E-state index in [1.807, 2.05) is 97.3 Å². The van der Waals surface area contributed by atoms with Crippen molar-refractivity contribution in [2.24, 2.45) is 0 Å². The zero-order chi connectivity index (χ0) is 23.1. The van der Waals surface area contributed by atoms with Gasteiger partial charge in [0.25, 0.3) is 5.91 Å². The Morgan fingerprint density at radius 3 is 2.41 bits per heavy atom. The molecule has 1 aliphatic rings. The molecule has 32 heavy (non-hydrogen) atoms. The minimum absolute atomic E-state index is 0.0372. The van der Waals surface area contributed by atoms with Crippen LogP contribution in [0.25, 0.3) is 0 Å². The molecule has 0 spiro atoms. The molecule has 1 heterocycles. The number of benzene rings is 2. The predicted molar refractivity (Wildman–Crippen MR) is 133 cm³/mol. The Morgan fingerprint density at radius 2 is 1.75 bits per heavy atom. The Morgan fingerprint density at radius 1 is 1.06 bits per heavy atom. The highest BCUT2D eigenvalue weighted by Crippen LogP contribution is 2.43. The number of nitrogens with zero attached hydrogens (tertiary/aromatic N) is 2. The third-order valence-electron chi connectivity index (χ3n) is 6.00. The number of carbonyl (C=O) groups is 2. The van der Waals surface area contributed by atoms with E-state index in [1.165, 1.54) is 0 Å². The topological polar surface area (TPSA) is 40.6 Å². The Hall–Kier alpha value is -3.14. The van der Waals surface area contributed by atoms with E-state index in [-0.39, 0.29) is 23.9 Å². The van der Waals surface area contributed by atoms with Crippen molar-refractivity contribution in [1.82, 2.24) is 0 Å². The molecule has 4 nitrogen and oxygen atoms in total. The van der Waals surface area contributed by atoms with Crippen molar-refractivity contribution in [2.45, 2.75) is 65.5 Å². The average molecular weight is 431 g/mol. The second-order valence-electron chi connectivity index (χ2n) is 8.26. The Bertz CT molecular complexity index is 994. The number of carbonyl (C=O) groups excluding carboxylic acids is 2. The van der Waals surface area contributed by atoms with Gasteiger partial charge in [-0.3, -0.25) is 9.59 Å². The van der Waals surface area contributed by atoms with Crippen LogP contribution in [0.1, 0.15) is 65.0 Å². The van der Waals surface area contributed by atoms with Crippen LogP contribution in [0.3, 0.4) is 0 Å². The highest BCUT2D eigenvalue weighted by Gasteiger charge is 2.38. The van der Waals surface area contributed by atoms with Gasteiger partial charge in [0.05, 0.1) is 6.04 Å². The summed E-state index contributed by atoms with van der Waals surface area (Å²) in [7, 11) is 0. The summed E-state index contributed by atoms with van der Waals surface area (Å²) >= 11 is 0. The van der Waals surface area contributed by atoms with Crippen LogP contribution >= 0.6 is 0 Å². The summed E-state index contributed by atoms with van der Waals surface area (Å²) in [6.07, 6.45) is 8.41. The van der Waals surface area contributed by atoms with Crippen LogP contribution < -0.4 is 9.80 Å². The number of fused-ring (bicyclic) bond motifs is 1. The zero-order valence-corrected chi connectivity index (χ0v) is 19.6. The van der Waals surface area contributed by atoms with Crippen molar-refractivity contribution in [3.63, 3.8) is 0 Å². The highest BCUT2D eigenvalue weighted by molar-refractivity contribution is 6.07. The SMILES string of the molecule is C/C=C\C=C(/CC)C(=O)N1c2ccccc2C(N(C(=O)CCC)c2ccccc2)CC1C. The third-order valence-corrected chi connectivity index (χ3v) is 6.00. The maximum atomic E-state index is 13.5. The van der Waals surface area contributed by atoms with Crippen LogP contribution in [0.15, 0.2) is 78.4 Å². The lowest BCUT2D eigenvalue weighted by molar-refractivity contribution is -0.119. The molecule has 0 fully saturated rings. The molecule has 0 aliphatic carbocycles. The molecule has 2 amide bonds. The van der Waals surface area contributed by atoms with Crippen LogP contribution in [0.2, 0.25) is 0 Å². The molecule has 0 bridgehead atoms. The fourth-order valence-electron chi connectivity index (χ4n) is 4.46. The molecule has 0 aromatic heterocycles. The van der Waals surface area contributed by atoms with Crippen molar-refractivity contribution < 1.29 is 9.59 Å². The number of amides is 2. The Balaban J connectivity index is 2.08. The van der Waals surface area contributed by atoms with Gasteiger partial charge in [-0.15, -0.1) is 0 Å². The van der Waals surface area contributed by atoms with Crippen LogP contribution in [0, 0.1) is 0 Å². The first-order valence-electron chi connectivity index (χ1n) is 11.6. The maximum absolute atomic E-state index is 13.5. The summed E-state index contributed by atoms with van der Waals surface area (Å²) in [6, 6.07) is 17.8. The molecule has 2 unspecified atom stereocenters. The van der Waals surface area contributed by atoms with Gasteiger partial charge in [-0.1, -0.05) is 68.5 Å². The van der Waals surface area contributed by atoms with Gasteiger partial charge in [-0.25, -0.2) is 0 Å². The second kappa shape index (κ2) is 10.9. The van der Waals surface area contributed by atoms with E-state index in [1.54, 1.807) is 0 Å². The normalized spacial score (nSPS) is 18.5. The van der Waals surface area contributed by atoms with E-state index in [0.717, 1.165) is 28.9 Å². The van der Waals surface area contributed by atoms with Gasteiger partial charge in [0, 0.05) is 29.4 Å². The summed E-state index contributed by atoms with van der Waals surface area (Å²) < 4.78 is 0. The molecule has 4 heteroatoms. The van der Waals surface area contributed by atoms with Gasteiger partial charge in [0.1, 0.15) is 0 Å². The number of rotatable bonds is 7. The number of anilines is 2. The van der Waals surface area contributed by atoms with Gasteiger partial charge in [-0.2, -0.15) is 0 Å². The van der Waals surface area contributed by atoms with Crippen molar-refractivity contribution >= 4 is 23.2 Å². The summed E-state index contributed by atoms with van der Waals surface area (Å²) in [5.41, 5.74) is 3.60. The average Bonchev–Trinajstić information content (AvgIpc) is 2.80. The molecule has 1 aliphatic heterocycles. The van der Waals surface area contributed by atoms with Crippen LogP contribution in [0.4, 0.5) is 11.4 Å². The first-order chi connectivity index (χ1) is 15.5. The second-order valence-corrected chi connectivity index (χ2v) is 8.26. The third kappa shape index (κ3) is 4.85. The molecular weight excluding hydrogens is 396 g/mol. The number of allylic oxidation sites excluding steroid dienone is 3. The molecule has 0 saturated heterocycles. The molecule has 3 rings (SSSR count). The largest absolute Gasteiger partial charge is 0.305 e. The first kappa shape index (κ1) is 23.5. The Kier molecular flexibility index (Phi) is 8.04. The lowest BCUT2D eigenvalue weighted by Crippen LogP contribution is -2.48. The minimum Gasteiger partial charge on any atom is -0.305 e. The van der Waals surface area contributed by atoms with Gasteiger partial charge in [0.15, 0.2) is 0 Å². The van der Waals surface area contributed by atoms with E-state index < -0.39 is 0 Å². The van der Waals surface area contributed by atoms with Crippen molar-refractivity contribution in [2.75, 3.05) is 9.80 Å². The smallest absolute Gasteiger partial charge is 0.254 e. The molecule has 2 atom stereocenters. The molecule has 0 radical (unpaired) electrons. The summed E-state index contributed by atoms with van der Waals surface area (Å²) in [5, 5.41) is 0. The van der Waals surface area contributed by atoms with Crippen LogP contribution in [0.5, 0.6) is 0 Å². The van der Waals surface area contributed by atoms with Gasteiger partial charge >= 0.3 is 0 Å². The molecule has 168 valence electrons. The van der Waals surface area contributed by atoms with Crippen LogP contribution in [-0.4, -0.2) is 17.9 Å². The molecule has 2 aromatic carbocycles. The molecule has 0 saturated carbocycles.